The van der Waals surface area contributed by atoms with E-state index in [0.29, 0.717) is 12.1 Å². The summed E-state index contributed by atoms with van der Waals surface area (Å²) < 4.78 is 5.06. The van der Waals surface area contributed by atoms with Crippen LogP contribution in [0, 0.1) is 0 Å². The average Bonchev–Trinajstić information content (AvgIpc) is 2.31. The molecule has 0 aliphatic heterocycles. The van der Waals surface area contributed by atoms with E-state index in [1.165, 1.54) is 7.11 Å². The molecule has 15 heavy (non-hydrogen) atoms. The number of benzene rings is 1. The van der Waals surface area contributed by atoms with Gasteiger partial charge in [-0.2, -0.15) is 0 Å². The Bertz CT molecular complexity index is 322. The first kappa shape index (κ1) is 11.6. The predicted octanol–water partition coefficient (Wildman–Crippen LogP) is 1.62. The lowest BCUT2D eigenvalue weighted by Crippen LogP contribution is -2.38. The van der Waals surface area contributed by atoms with E-state index >= 15 is 0 Å². The number of ether oxygens (including phenoxy) is 1. The van der Waals surface area contributed by atoms with Crippen LogP contribution in [0.5, 0.6) is 0 Å². The largest absolute Gasteiger partial charge is 0.359 e. The highest BCUT2D eigenvalue weighted by Gasteiger charge is 2.17. The van der Waals surface area contributed by atoms with Gasteiger partial charge in [-0.25, -0.2) is 0 Å². The van der Waals surface area contributed by atoms with Crippen molar-refractivity contribution in [1.29, 1.82) is 0 Å². The average molecular weight is 205 g/mol. The summed E-state index contributed by atoms with van der Waals surface area (Å²) in [6, 6.07) is 9.06. The molecule has 0 heterocycles. The number of carbonyl (C=O) groups excluding carboxylic acids is 1. The number of nitrogens with one attached hydrogen (secondary N) is 1. The van der Waals surface area contributed by atoms with Gasteiger partial charge in [-0.1, -0.05) is 36.4 Å². The standard InChI is InChI=1S/C12H15NO2/c1-3-9-13-12(15-2)11(14)10-7-5-4-6-8-10/h3-8,12-13H,1,9H2,2H3. The summed E-state index contributed by atoms with van der Waals surface area (Å²) in [6.07, 6.45) is 1.08. The first-order valence-electron chi connectivity index (χ1n) is 4.76. The molecule has 0 amide bonds. The predicted molar refractivity (Wildman–Crippen MR) is 59.8 cm³/mol. The highest BCUT2D eigenvalue weighted by Crippen LogP contribution is 2.03. The molecule has 0 fully saturated rings. The number of hydrogen-bond acceptors (Lipinski definition) is 3. The molecule has 80 valence electrons. The molecule has 0 saturated heterocycles. The van der Waals surface area contributed by atoms with Crippen molar-refractivity contribution in [3.63, 3.8) is 0 Å². The lowest BCUT2D eigenvalue weighted by atomic mass is 10.1. The molecule has 0 radical (unpaired) electrons. The van der Waals surface area contributed by atoms with Crippen LogP contribution in [0.3, 0.4) is 0 Å². The van der Waals surface area contributed by atoms with Gasteiger partial charge < -0.3 is 4.74 Å². The van der Waals surface area contributed by atoms with Gasteiger partial charge in [0, 0.05) is 19.2 Å². The number of rotatable bonds is 6. The molecule has 3 nitrogen and oxygen atoms in total. The molecular weight excluding hydrogens is 190 g/mol. The normalized spacial score (nSPS) is 12.1. The molecule has 1 aromatic rings. The second-order valence-corrected chi connectivity index (χ2v) is 3.04. The zero-order chi connectivity index (χ0) is 11.1. The molecule has 0 aliphatic rings. The molecule has 0 aliphatic carbocycles. The third kappa shape index (κ3) is 3.31. The van der Waals surface area contributed by atoms with Crippen LogP contribution in [0.1, 0.15) is 10.4 Å². The summed E-state index contributed by atoms with van der Waals surface area (Å²) in [4.78, 5) is 11.9. The van der Waals surface area contributed by atoms with Crippen molar-refractivity contribution >= 4 is 5.78 Å². The molecule has 0 aromatic heterocycles. The monoisotopic (exact) mass is 205 g/mol. The molecule has 1 N–H and O–H groups in total. The van der Waals surface area contributed by atoms with Gasteiger partial charge in [-0.05, 0) is 0 Å². The molecule has 1 atom stereocenters. The third-order valence-corrected chi connectivity index (χ3v) is 1.98. The van der Waals surface area contributed by atoms with Gasteiger partial charge in [0.1, 0.15) is 0 Å². The van der Waals surface area contributed by atoms with E-state index < -0.39 is 6.23 Å². The molecular formula is C12H15NO2. The van der Waals surface area contributed by atoms with Crippen molar-refractivity contribution in [1.82, 2.24) is 5.32 Å². The number of ketones is 1. The minimum absolute atomic E-state index is 0.0695. The van der Waals surface area contributed by atoms with E-state index in [1.54, 1.807) is 18.2 Å². The fraction of sp³-hybridized carbons (Fsp3) is 0.250. The Morgan fingerprint density at radius 3 is 2.73 bits per heavy atom. The van der Waals surface area contributed by atoms with Gasteiger partial charge in [0.2, 0.25) is 5.78 Å². The van der Waals surface area contributed by atoms with Gasteiger partial charge in [-0.3, -0.25) is 10.1 Å². The maximum atomic E-state index is 11.9. The maximum absolute atomic E-state index is 11.9. The van der Waals surface area contributed by atoms with Crippen LogP contribution in [0.2, 0.25) is 0 Å². The van der Waals surface area contributed by atoms with Crippen molar-refractivity contribution in [2.75, 3.05) is 13.7 Å². The quantitative estimate of drug-likeness (QED) is 0.435. The van der Waals surface area contributed by atoms with Gasteiger partial charge in [0.05, 0.1) is 0 Å². The van der Waals surface area contributed by atoms with Gasteiger partial charge in [0.15, 0.2) is 6.23 Å². The van der Waals surface area contributed by atoms with Crippen molar-refractivity contribution < 1.29 is 9.53 Å². The minimum atomic E-state index is -0.606. The Balaban J connectivity index is 2.69. The summed E-state index contributed by atoms with van der Waals surface area (Å²) in [5, 5.41) is 2.93. The van der Waals surface area contributed by atoms with Crippen LogP contribution < -0.4 is 5.32 Å². The number of methoxy groups -OCH3 is 1. The van der Waals surface area contributed by atoms with Gasteiger partial charge in [0.25, 0.3) is 0 Å². The lowest BCUT2D eigenvalue weighted by molar-refractivity contribution is 0.0509. The minimum Gasteiger partial charge on any atom is -0.359 e. The Labute approximate surface area is 89.8 Å². The van der Waals surface area contributed by atoms with Gasteiger partial charge in [-0.15, -0.1) is 6.58 Å². The van der Waals surface area contributed by atoms with E-state index in [1.807, 2.05) is 18.2 Å². The van der Waals surface area contributed by atoms with Crippen molar-refractivity contribution in [3.05, 3.63) is 48.6 Å². The van der Waals surface area contributed by atoms with Crippen LogP contribution in [-0.2, 0) is 4.74 Å². The number of carbonyl (C=O) groups is 1. The zero-order valence-electron chi connectivity index (χ0n) is 8.77. The smallest absolute Gasteiger partial charge is 0.206 e. The first-order chi connectivity index (χ1) is 7.29. The molecule has 0 saturated carbocycles. The van der Waals surface area contributed by atoms with E-state index in [4.69, 9.17) is 4.74 Å². The topological polar surface area (TPSA) is 38.3 Å². The van der Waals surface area contributed by atoms with Crippen LogP contribution in [0.25, 0.3) is 0 Å². The highest BCUT2D eigenvalue weighted by atomic mass is 16.5. The number of hydrogen-bond donors (Lipinski definition) is 1. The summed E-state index contributed by atoms with van der Waals surface area (Å²) >= 11 is 0. The third-order valence-electron chi connectivity index (χ3n) is 1.98. The summed E-state index contributed by atoms with van der Waals surface area (Å²) in [7, 11) is 1.50. The molecule has 1 unspecified atom stereocenters. The Morgan fingerprint density at radius 1 is 1.53 bits per heavy atom. The van der Waals surface area contributed by atoms with Crippen molar-refractivity contribution in [3.8, 4) is 0 Å². The summed E-state index contributed by atoms with van der Waals surface area (Å²) in [5.41, 5.74) is 0.640. The van der Waals surface area contributed by atoms with E-state index in [2.05, 4.69) is 11.9 Å². The Kier molecular flexibility index (Phi) is 4.74. The fourth-order valence-corrected chi connectivity index (χ4v) is 1.23. The SMILES string of the molecule is C=CCNC(OC)C(=O)c1ccccc1. The van der Waals surface area contributed by atoms with Crippen LogP contribution in [0.15, 0.2) is 43.0 Å². The van der Waals surface area contributed by atoms with Crippen molar-refractivity contribution in [2.24, 2.45) is 0 Å². The highest BCUT2D eigenvalue weighted by molar-refractivity contribution is 5.99. The Hall–Kier alpha value is -1.45. The molecule has 0 spiro atoms. The summed E-state index contributed by atoms with van der Waals surface area (Å²) in [5.74, 6) is -0.0695. The Morgan fingerprint density at radius 2 is 2.20 bits per heavy atom. The van der Waals surface area contributed by atoms with Crippen LogP contribution >= 0.6 is 0 Å². The molecule has 0 bridgehead atoms. The number of Topliss-reactive ketones (excluding diaryl/α,β-unsaturated/α-hetero) is 1. The zero-order valence-corrected chi connectivity index (χ0v) is 8.77. The van der Waals surface area contributed by atoms with E-state index in [-0.39, 0.29) is 5.78 Å². The molecule has 3 heteroatoms. The van der Waals surface area contributed by atoms with Crippen LogP contribution in [-0.4, -0.2) is 25.7 Å². The maximum Gasteiger partial charge on any atom is 0.206 e. The second kappa shape index (κ2) is 6.11. The van der Waals surface area contributed by atoms with Crippen molar-refractivity contribution in [2.45, 2.75) is 6.23 Å². The molecule has 1 aromatic carbocycles. The summed E-state index contributed by atoms with van der Waals surface area (Å²) in [6.45, 7) is 4.11. The van der Waals surface area contributed by atoms with Crippen LogP contribution in [0.4, 0.5) is 0 Å². The fourth-order valence-electron chi connectivity index (χ4n) is 1.23. The van der Waals surface area contributed by atoms with E-state index in [9.17, 15) is 4.79 Å². The van der Waals surface area contributed by atoms with Gasteiger partial charge >= 0.3 is 0 Å². The molecule has 1 rings (SSSR count). The van der Waals surface area contributed by atoms with E-state index in [0.717, 1.165) is 0 Å². The second-order valence-electron chi connectivity index (χ2n) is 3.04. The first-order valence-corrected chi connectivity index (χ1v) is 4.76. The lowest BCUT2D eigenvalue weighted by Gasteiger charge is -2.14.